The van der Waals surface area contributed by atoms with E-state index >= 15 is 0 Å². The van der Waals surface area contributed by atoms with Crippen LogP contribution < -0.4 is 5.73 Å². The van der Waals surface area contributed by atoms with Crippen LogP contribution in [0, 0.1) is 0 Å². The van der Waals surface area contributed by atoms with Gasteiger partial charge in [0, 0.05) is 6.20 Å². The van der Waals surface area contributed by atoms with Crippen molar-refractivity contribution in [1.82, 2.24) is 9.55 Å². The number of nitrogens with two attached hydrogens (primary N) is 1. The van der Waals surface area contributed by atoms with Crippen LogP contribution in [0.25, 0.3) is 0 Å². The van der Waals surface area contributed by atoms with Gasteiger partial charge in [-0.3, -0.25) is 4.79 Å². The smallest absolute Gasteiger partial charge is 0.240 e. The second-order valence-electron chi connectivity index (χ2n) is 2.55. The molecule has 1 atom stereocenters. The molecule has 0 aliphatic heterocycles. The maximum atomic E-state index is 10.7. The molecule has 1 heterocycles. The molecule has 0 bridgehead atoms. The average Bonchev–Trinajstić information content (AvgIpc) is 2.50. The van der Waals surface area contributed by atoms with Gasteiger partial charge in [-0.05, 0) is 6.92 Å². The van der Waals surface area contributed by atoms with Crippen molar-refractivity contribution < 1.29 is 9.90 Å². The summed E-state index contributed by atoms with van der Waals surface area (Å²) < 4.78 is 1.56. The van der Waals surface area contributed by atoms with E-state index in [1.54, 1.807) is 17.7 Å². The van der Waals surface area contributed by atoms with Crippen LogP contribution in [0.3, 0.4) is 0 Å². The van der Waals surface area contributed by atoms with Gasteiger partial charge in [-0.2, -0.15) is 0 Å². The lowest BCUT2D eigenvalue weighted by atomic mass is 10.3. The molecular formula is C7H11N3O2. The lowest BCUT2D eigenvalue weighted by Crippen LogP contribution is -2.22. The standard InChI is InChI=1S/C7H11N3O2/c1-5(7(8)12)10-2-6(3-11)9-4-10/h2,4-5,11H,3H2,1H3,(H2,8,12). The molecule has 0 aromatic carbocycles. The van der Waals surface area contributed by atoms with Gasteiger partial charge in [0.2, 0.25) is 5.91 Å². The largest absolute Gasteiger partial charge is 0.390 e. The van der Waals surface area contributed by atoms with E-state index in [1.807, 2.05) is 0 Å². The Labute approximate surface area is 69.8 Å². The van der Waals surface area contributed by atoms with Crippen LogP contribution in [-0.4, -0.2) is 20.6 Å². The zero-order chi connectivity index (χ0) is 9.14. The van der Waals surface area contributed by atoms with E-state index in [0.29, 0.717) is 5.69 Å². The van der Waals surface area contributed by atoms with E-state index in [1.165, 1.54) is 6.33 Å². The molecule has 5 heteroatoms. The highest BCUT2D eigenvalue weighted by atomic mass is 16.3. The lowest BCUT2D eigenvalue weighted by molar-refractivity contribution is -0.120. The molecule has 0 aliphatic carbocycles. The van der Waals surface area contributed by atoms with E-state index < -0.39 is 11.9 Å². The zero-order valence-corrected chi connectivity index (χ0v) is 6.77. The Balaban J connectivity index is 2.81. The molecular weight excluding hydrogens is 158 g/mol. The van der Waals surface area contributed by atoms with Crippen LogP contribution in [0.1, 0.15) is 18.7 Å². The first-order valence-corrected chi connectivity index (χ1v) is 3.57. The molecule has 0 aliphatic rings. The number of aliphatic hydroxyl groups is 1. The van der Waals surface area contributed by atoms with E-state index in [0.717, 1.165) is 0 Å². The minimum atomic E-state index is -0.420. The third-order valence-corrected chi connectivity index (χ3v) is 1.68. The van der Waals surface area contributed by atoms with Gasteiger partial charge in [0.1, 0.15) is 6.04 Å². The summed E-state index contributed by atoms with van der Waals surface area (Å²) in [6.45, 7) is 1.55. The van der Waals surface area contributed by atoms with Gasteiger partial charge < -0.3 is 15.4 Å². The fourth-order valence-electron chi connectivity index (χ4n) is 0.820. The first kappa shape index (κ1) is 8.73. The van der Waals surface area contributed by atoms with Crippen molar-refractivity contribution in [2.45, 2.75) is 19.6 Å². The number of aliphatic hydroxyl groups excluding tert-OH is 1. The Morgan fingerprint density at radius 3 is 3.00 bits per heavy atom. The molecule has 3 N–H and O–H groups in total. The number of amides is 1. The molecule has 1 aromatic heterocycles. The Hall–Kier alpha value is -1.36. The van der Waals surface area contributed by atoms with Crippen molar-refractivity contribution in [2.75, 3.05) is 0 Å². The van der Waals surface area contributed by atoms with Crippen LogP contribution in [-0.2, 0) is 11.4 Å². The number of hydrogen-bond donors (Lipinski definition) is 2. The molecule has 1 amide bonds. The molecule has 5 nitrogen and oxygen atoms in total. The molecule has 0 saturated heterocycles. The summed E-state index contributed by atoms with van der Waals surface area (Å²) in [5.74, 6) is -0.420. The van der Waals surface area contributed by atoms with Crippen LogP contribution in [0.2, 0.25) is 0 Å². The summed E-state index contributed by atoms with van der Waals surface area (Å²) in [7, 11) is 0. The van der Waals surface area contributed by atoms with Gasteiger partial charge in [-0.15, -0.1) is 0 Å². The topological polar surface area (TPSA) is 81.1 Å². The Bertz CT molecular complexity index is 282. The molecule has 0 radical (unpaired) electrons. The fourth-order valence-corrected chi connectivity index (χ4v) is 0.820. The molecule has 0 spiro atoms. The van der Waals surface area contributed by atoms with Crippen LogP contribution in [0.15, 0.2) is 12.5 Å². The number of imidazole rings is 1. The van der Waals surface area contributed by atoms with E-state index in [-0.39, 0.29) is 6.61 Å². The Morgan fingerprint density at radius 1 is 1.92 bits per heavy atom. The van der Waals surface area contributed by atoms with Gasteiger partial charge >= 0.3 is 0 Å². The normalized spacial score (nSPS) is 12.8. The zero-order valence-electron chi connectivity index (χ0n) is 6.77. The molecule has 0 fully saturated rings. The second-order valence-corrected chi connectivity index (χ2v) is 2.55. The summed E-state index contributed by atoms with van der Waals surface area (Å²) in [4.78, 5) is 14.6. The number of rotatable bonds is 3. The number of hydrogen-bond acceptors (Lipinski definition) is 3. The van der Waals surface area contributed by atoms with E-state index in [9.17, 15) is 4.79 Å². The number of nitrogens with zero attached hydrogens (tertiary/aromatic N) is 2. The van der Waals surface area contributed by atoms with Crippen molar-refractivity contribution in [3.05, 3.63) is 18.2 Å². The summed E-state index contributed by atoms with van der Waals surface area (Å²) in [5, 5.41) is 8.68. The quantitative estimate of drug-likeness (QED) is 0.635. The van der Waals surface area contributed by atoms with Crippen LogP contribution in [0.5, 0.6) is 0 Å². The van der Waals surface area contributed by atoms with Gasteiger partial charge in [0.05, 0.1) is 18.6 Å². The molecule has 0 saturated carbocycles. The molecule has 66 valence electrons. The van der Waals surface area contributed by atoms with Crippen molar-refractivity contribution in [2.24, 2.45) is 5.73 Å². The van der Waals surface area contributed by atoms with Crippen molar-refractivity contribution in [3.8, 4) is 0 Å². The molecule has 12 heavy (non-hydrogen) atoms. The SMILES string of the molecule is CC(C(N)=O)n1cnc(CO)c1. The van der Waals surface area contributed by atoms with Gasteiger partial charge in [0.15, 0.2) is 0 Å². The minimum absolute atomic E-state index is 0.127. The predicted molar refractivity (Wildman–Crippen MR) is 42.1 cm³/mol. The fraction of sp³-hybridized carbons (Fsp3) is 0.429. The van der Waals surface area contributed by atoms with Gasteiger partial charge in [0.25, 0.3) is 0 Å². The van der Waals surface area contributed by atoms with Crippen molar-refractivity contribution in [1.29, 1.82) is 0 Å². The molecule has 1 rings (SSSR count). The summed E-state index contributed by atoms with van der Waals surface area (Å²) in [6.07, 6.45) is 3.07. The number of carbonyl (C=O) groups excluding carboxylic acids is 1. The second kappa shape index (κ2) is 3.36. The van der Waals surface area contributed by atoms with E-state index in [4.69, 9.17) is 10.8 Å². The predicted octanol–water partition coefficient (Wildman–Crippen LogP) is -0.578. The summed E-state index contributed by atoms with van der Waals surface area (Å²) >= 11 is 0. The monoisotopic (exact) mass is 169 g/mol. The van der Waals surface area contributed by atoms with Crippen LogP contribution >= 0.6 is 0 Å². The molecule has 1 aromatic rings. The minimum Gasteiger partial charge on any atom is -0.390 e. The number of aromatic nitrogens is 2. The average molecular weight is 169 g/mol. The number of carbonyl (C=O) groups is 1. The van der Waals surface area contributed by atoms with E-state index in [2.05, 4.69) is 4.98 Å². The van der Waals surface area contributed by atoms with Crippen molar-refractivity contribution in [3.63, 3.8) is 0 Å². The number of primary amides is 1. The van der Waals surface area contributed by atoms with Crippen LogP contribution in [0.4, 0.5) is 0 Å². The molecule has 1 unspecified atom stereocenters. The first-order chi connectivity index (χ1) is 5.65. The Kier molecular flexibility index (Phi) is 2.44. The third-order valence-electron chi connectivity index (χ3n) is 1.68. The maximum Gasteiger partial charge on any atom is 0.240 e. The Morgan fingerprint density at radius 2 is 2.58 bits per heavy atom. The highest BCUT2D eigenvalue weighted by Crippen LogP contribution is 2.05. The summed E-state index contributed by atoms with van der Waals surface area (Å²) in [5.41, 5.74) is 5.60. The highest BCUT2D eigenvalue weighted by Gasteiger charge is 2.10. The van der Waals surface area contributed by atoms with Gasteiger partial charge in [-0.1, -0.05) is 0 Å². The lowest BCUT2D eigenvalue weighted by Gasteiger charge is -2.06. The third kappa shape index (κ3) is 1.62. The maximum absolute atomic E-state index is 10.7. The first-order valence-electron chi connectivity index (χ1n) is 3.57. The highest BCUT2D eigenvalue weighted by molar-refractivity contribution is 5.77. The van der Waals surface area contributed by atoms with Gasteiger partial charge in [-0.25, -0.2) is 4.98 Å². The van der Waals surface area contributed by atoms with Crippen molar-refractivity contribution >= 4 is 5.91 Å². The summed E-state index contributed by atoms with van der Waals surface area (Å²) in [6, 6.07) is -0.419.